The van der Waals surface area contributed by atoms with Crippen molar-refractivity contribution in [1.29, 1.82) is 0 Å². The molecule has 0 heterocycles. The number of hydrogen-bond acceptors (Lipinski definition) is 2. The third kappa shape index (κ3) is 4.13. The van der Waals surface area contributed by atoms with Crippen molar-refractivity contribution in [2.24, 2.45) is 0 Å². The van der Waals surface area contributed by atoms with Gasteiger partial charge in [0, 0.05) is 13.5 Å². The van der Waals surface area contributed by atoms with E-state index in [0.29, 0.717) is 13.2 Å². The van der Waals surface area contributed by atoms with Gasteiger partial charge in [0.15, 0.2) is 0 Å². The van der Waals surface area contributed by atoms with Gasteiger partial charge in [0.1, 0.15) is 12.4 Å². The van der Waals surface area contributed by atoms with Gasteiger partial charge in [-0.3, -0.25) is 4.79 Å². The Morgan fingerprint density at radius 2 is 1.83 bits per heavy atom. The minimum atomic E-state index is 0.00196. The fraction of sp³-hybridized carbons (Fsp3) is 0.190. The van der Waals surface area contributed by atoms with Crippen LogP contribution in [0.4, 0.5) is 0 Å². The molecule has 0 spiro atoms. The molecule has 0 aliphatic carbocycles. The number of nitrogens with one attached hydrogen (secondary N) is 1. The Hall–Kier alpha value is -2.81. The zero-order valence-corrected chi connectivity index (χ0v) is 13.8. The highest BCUT2D eigenvalue weighted by atomic mass is 16.5. The van der Waals surface area contributed by atoms with Crippen LogP contribution in [0.1, 0.15) is 18.1 Å². The van der Waals surface area contributed by atoms with Crippen molar-refractivity contribution in [3.8, 4) is 5.75 Å². The lowest BCUT2D eigenvalue weighted by molar-refractivity contribution is -0.118. The Kier molecular flexibility index (Phi) is 5.12. The summed E-state index contributed by atoms with van der Waals surface area (Å²) < 4.78 is 5.93. The van der Waals surface area contributed by atoms with E-state index in [1.54, 1.807) is 6.92 Å². The first-order valence-corrected chi connectivity index (χ1v) is 8.15. The van der Waals surface area contributed by atoms with Gasteiger partial charge in [0.2, 0.25) is 5.91 Å². The molecule has 0 aromatic heterocycles. The number of amides is 1. The Balaban J connectivity index is 1.76. The van der Waals surface area contributed by atoms with Crippen LogP contribution < -0.4 is 10.1 Å². The summed E-state index contributed by atoms with van der Waals surface area (Å²) in [6.07, 6.45) is 0.805. The number of carbonyl (C=O) groups is 1. The smallest absolute Gasteiger partial charge is 0.216 e. The summed E-state index contributed by atoms with van der Waals surface area (Å²) in [6.45, 7) is 2.74. The lowest BCUT2D eigenvalue weighted by Gasteiger charge is -2.11. The SMILES string of the molecule is CC(=O)NCCc1cccc2ccc(OCc3ccccc3)cc12. The number of fused-ring (bicyclic) bond motifs is 1. The van der Waals surface area contributed by atoms with Crippen LogP contribution in [0.2, 0.25) is 0 Å². The van der Waals surface area contributed by atoms with E-state index in [9.17, 15) is 4.79 Å². The molecular formula is C21H21NO2. The molecule has 3 aromatic rings. The van der Waals surface area contributed by atoms with Crippen LogP contribution in [-0.4, -0.2) is 12.5 Å². The van der Waals surface area contributed by atoms with Crippen molar-refractivity contribution in [3.05, 3.63) is 77.9 Å². The van der Waals surface area contributed by atoms with E-state index in [1.807, 2.05) is 24.3 Å². The van der Waals surface area contributed by atoms with E-state index in [4.69, 9.17) is 4.74 Å². The Bertz CT molecular complexity index is 828. The van der Waals surface area contributed by atoms with Crippen LogP contribution in [-0.2, 0) is 17.8 Å². The molecule has 0 saturated heterocycles. The third-order valence-electron chi connectivity index (χ3n) is 3.96. The largest absolute Gasteiger partial charge is 0.489 e. The van der Waals surface area contributed by atoms with E-state index in [2.05, 4.69) is 47.8 Å². The van der Waals surface area contributed by atoms with Gasteiger partial charge in [-0.1, -0.05) is 54.6 Å². The summed E-state index contributed by atoms with van der Waals surface area (Å²) in [5, 5.41) is 5.21. The zero-order chi connectivity index (χ0) is 16.8. The first kappa shape index (κ1) is 16.1. The molecule has 24 heavy (non-hydrogen) atoms. The highest BCUT2D eigenvalue weighted by molar-refractivity contribution is 5.87. The van der Waals surface area contributed by atoms with E-state index in [1.165, 1.54) is 16.3 Å². The second kappa shape index (κ2) is 7.64. The highest BCUT2D eigenvalue weighted by Crippen LogP contribution is 2.25. The number of carbonyl (C=O) groups excluding carboxylic acids is 1. The van der Waals surface area contributed by atoms with Gasteiger partial charge in [-0.25, -0.2) is 0 Å². The number of hydrogen-bond donors (Lipinski definition) is 1. The molecule has 3 rings (SSSR count). The zero-order valence-electron chi connectivity index (χ0n) is 13.8. The molecule has 0 saturated carbocycles. The lowest BCUT2D eigenvalue weighted by atomic mass is 10.0. The quantitative estimate of drug-likeness (QED) is 0.743. The van der Waals surface area contributed by atoms with Crippen LogP contribution in [0.15, 0.2) is 66.7 Å². The predicted octanol–water partition coefficient (Wildman–Crippen LogP) is 4.10. The predicted molar refractivity (Wildman–Crippen MR) is 97.1 cm³/mol. The van der Waals surface area contributed by atoms with Crippen LogP contribution >= 0.6 is 0 Å². The van der Waals surface area contributed by atoms with Crippen molar-refractivity contribution >= 4 is 16.7 Å². The summed E-state index contributed by atoms with van der Waals surface area (Å²) in [4.78, 5) is 11.0. The molecule has 0 radical (unpaired) electrons. The molecule has 3 heteroatoms. The van der Waals surface area contributed by atoms with Gasteiger partial charge in [0.05, 0.1) is 0 Å². The summed E-state index contributed by atoms with van der Waals surface area (Å²) in [5.74, 6) is 0.862. The maximum Gasteiger partial charge on any atom is 0.216 e. The molecule has 3 aromatic carbocycles. The lowest BCUT2D eigenvalue weighted by Crippen LogP contribution is -2.22. The van der Waals surface area contributed by atoms with Gasteiger partial charge < -0.3 is 10.1 Å². The third-order valence-corrected chi connectivity index (χ3v) is 3.96. The fourth-order valence-electron chi connectivity index (χ4n) is 2.74. The standard InChI is InChI=1S/C21H21NO2/c1-16(23)22-13-12-19-9-5-8-18-10-11-20(14-21(18)19)24-15-17-6-3-2-4-7-17/h2-11,14H,12-13,15H2,1H3,(H,22,23). The maximum absolute atomic E-state index is 11.0. The Morgan fingerprint density at radius 3 is 2.62 bits per heavy atom. The number of benzene rings is 3. The monoisotopic (exact) mass is 319 g/mol. The molecule has 0 atom stereocenters. The van der Waals surface area contributed by atoms with E-state index in [-0.39, 0.29) is 5.91 Å². The highest BCUT2D eigenvalue weighted by Gasteiger charge is 2.04. The van der Waals surface area contributed by atoms with Crippen LogP contribution in [0, 0.1) is 0 Å². The van der Waals surface area contributed by atoms with Crippen molar-refractivity contribution in [1.82, 2.24) is 5.32 Å². The van der Waals surface area contributed by atoms with Crippen LogP contribution in [0.5, 0.6) is 5.75 Å². The Morgan fingerprint density at radius 1 is 1.00 bits per heavy atom. The second-order valence-electron chi connectivity index (χ2n) is 5.81. The van der Waals surface area contributed by atoms with Crippen molar-refractivity contribution in [2.45, 2.75) is 20.0 Å². The minimum Gasteiger partial charge on any atom is -0.489 e. The summed E-state index contributed by atoms with van der Waals surface area (Å²) >= 11 is 0. The molecule has 122 valence electrons. The number of rotatable bonds is 6. The van der Waals surface area contributed by atoms with Gasteiger partial charge in [-0.2, -0.15) is 0 Å². The molecule has 0 fully saturated rings. The average Bonchev–Trinajstić information content (AvgIpc) is 2.61. The summed E-state index contributed by atoms with van der Waals surface area (Å²) in [5.41, 5.74) is 2.36. The van der Waals surface area contributed by atoms with Crippen molar-refractivity contribution in [3.63, 3.8) is 0 Å². The van der Waals surface area contributed by atoms with Gasteiger partial charge in [-0.15, -0.1) is 0 Å². The molecule has 1 N–H and O–H groups in total. The van der Waals surface area contributed by atoms with Gasteiger partial charge in [-0.05, 0) is 40.5 Å². The minimum absolute atomic E-state index is 0.00196. The normalized spacial score (nSPS) is 10.5. The van der Waals surface area contributed by atoms with E-state index < -0.39 is 0 Å². The van der Waals surface area contributed by atoms with Gasteiger partial charge >= 0.3 is 0 Å². The van der Waals surface area contributed by atoms with Crippen LogP contribution in [0.25, 0.3) is 10.8 Å². The molecule has 1 amide bonds. The maximum atomic E-state index is 11.0. The first-order chi connectivity index (χ1) is 11.7. The number of ether oxygens (including phenoxy) is 1. The molecule has 3 nitrogen and oxygen atoms in total. The average molecular weight is 319 g/mol. The summed E-state index contributed by atoms with van der Waals surface area (Å²) in [7, 11) is 0. The topological polar surface area (TPSA) is 38.3 Å². The molecule has 0 bridgehead atoms. The molecule has 0 unspecified atom stereocenters. The molecule has 0 aliphatic heterocycles. The second-order valence-corrected chi connectivity index (χ2v) is 5.81. The van der Waals surface area contributed by atoms with Crippen molar-refractivity contribution in [2.75, 3.05) is 6.54 Å². The van der Waals surface area contributed by atoms with E-state index in [0.717, 1.165) is 17.7 Å². The van der Waals surface area contributed by atoms with Crippen LogP contribution in [0.3, 0.4) is 0 Å². The first-order valence-electron chi connectivity index (χ1n) is 8.15. The van der Waals surface area contributed by atoms with Crippen molar-refractivity contribution < 1.29 is 9.53 Å². The molecular weight excluding hydrogens is 298 g/mol. The molecule has 0 aliphatic rings. The summed E-state index contributed by atoms with van der Waals surface area (Å²) in [6, 6.07) is 22.6. The van der Waals surface area contributed by atoms with E-state index >= 15 is 0 Å². The Labute approximate surface area is 142 Å². The fourth-order valence-corrected chi connectivity index (χ4v) is 2.74. The van der Waals surface area contributed by atoms with Gasteiger partial charge in [0.25, 0.3) is 0 Å².